The molecule has 0 unspecified atom stereocenters. The minimum atomic E-state index is -0.307. The van der Waals surface area contributed by atoms with Gasteiger partial charge in [0.25, 0.3) is 0 Å². The quantitative estimate of drug-likeness (QED) is 0.585. The number of benzene rings is 1. The van der Waals surface area contributed by atoms with Crippen LogP contribution in [0.1, 0.15) is 19.5 Å². The first kappa shape index (κ1) is 17.3. The molecular weight excluding hydrogens is 369 g/mol. The smallest absolute Gasteiger partial charge is 0.191 e. The van der Waals surface area contributed by atoms with Crippen molar-refractivity contribution in [1.29, 1.82) is 0 Å². The van der Waals surface area contributed by atoms with Crippen LogP contribution < -0.4 is 0 Å². The van der Waals surface area contributed by atoms with Crippen molar-refractivity contribution < 1.29 is 4.39 Å². The monoisotopic (exact) mass is 383 g/mol. The van der Waals surface area contributed by atoms with Crippen molar-refractivity contribution in [3.8, 4) is 11.4 Å². The first-order valence-electron chi connectivity index (χ1n) is 7.34. The zero-order chi connectivity index (χ0) is 17.1. The lowest BCUT2D eigenvalue weighted by Gasteiger charge is -2.12. The molecule has 2 heterocycles. The normalized spacial score (nSPS) is 11.4. The molecule has 126 valence electrons. The van der Waals surface area contributed by atoms with Crippen molar-refractivity contribution >= 4 is 34.9 Å². The van der Waals surface area contributed by atoms with E-state index in [4.69, 9.17) is 11.6 Å². The van der Waals surface area contributed by atoms with Crippen molar-refractivity contribution in [3.63, 3.8) is 0 Å². The van der Waals surface area contributed by atoms with Crippen molar-refractivity contribution in [2.45, 2.75) is 31.3 Å². The van der Waals surface area contributed by atoms with Crippen LogP contribution in [0.15, 0.2) is 29.4 Å². The molecular formula is C15H15ClFN5S2. The maximum Gasteiger partial charge on any atom is 0.191 e. The molecule has 0 amide bonds. The summed E-state index contributed by atoms with van der Waals surface area (Å²) >= 11 is 8.67. The average Bonchev–Trinajstić information content (AvgIpc) is 3.12. The lowest BCUT2D eigenvalue weighted by molar-refractivity contribution is 0.496. The molecule has 0 spiro atoms. The highest BCUT2D eigenvalue weighted by atomic mass is 35.5. The SMILES string of the molecule is CC(C)Cn1c(SCc2nnsc2Cl)nnc1-c1ccccc1F. The van der Waals surface area contributed by atoms with E-state index in [1.807, 2.05) is 4.57 Å². The fraction of sp³-hybridized carbons (Fsp3) is 0.333. The minimum absolute atomic E-state index is 0.307. The lowest BCUT2D eigenvalue weighted by atomic mass is 10.2. The maximum atomic E-state index is 14.1. The molecule has 1 aromatic carbocycles. The van der Waals surface area contributed by atoms with E-state index in [0.717, 1.165) is 17.2 Å². The summed E-state index contributed by atoms with van der Waals surface area (Å²) in [6.07, 6.45) is 0. The summed E-state index contributed by atoms with van der Waals surface area (Å²) in [7, 11) is 0. The summed E-state index contributed by atoms with van der Waals surface area (Å²) in [4.78, 5) is 0. The summed E-state index contributed by atoms with van der Waals surface area (Å²) in [5, 5.41) is 13.2. The average molecular weight is 384 g/mol. The summed E-state index contributed by atoms with van der Waals surface area (Å²) < 4.78 is 20.5. The molecule has 3 aromatic rings. The van der Waals surface area contributed by atoms with Gasteiger partial charge in [0, 0.05) is 23.8 Å². The molecule has 24 heavy (non-hydrogen) atoms. The van der Waals surface area contributed by atoms with Crippen molar-refractivity contribution in [2.75, 3.05) is 0 Å². The van der Waals surface area contributed by atoms with Gasteiger partial charge < -0.3 is 4.57 Å². The Morgan fingerprint density at radius 3 is 2.71 bits per heavy atom. The van der Waals surface area contributed by atoms with Gasteiger partial charge in [-0.05, 0) is 18.1 Å². The van der Waals surface area contributed by atoms with Crippen LogP contribution in [0.5, 0.6) is 0 Å². The minimum Gasteiger partial charge on any atom is -0.302 e. The van der Waals surface area contributed by atoms with Gasteiger partial charge in [-0.1, -0.05) is 53.8 Å². The number of halogens is 2. The third-order valence-corrected chi connectivity index (χ3v) is 5.19. The predicted octanol–water partition coefficient (Wildman–Crippen LogP) is 4.54. The molecule has 0 saturated heterocycles. The Bertz CT molecular complexity index is 833. The molecule has 0 aliphatic carbocycles. The van der Waals surface area contributed by atoms with Crippen molar-refractivity contribution in [1.82, 2.24) is 24.4 Å². The first-order valence-corrected chi connectivity index (χ1v) is 9.47. The summed E-state index contributed by atoms with van der Waals surface area (Å²) in [5.74, 6) is 1.14. The van der Waals surface area contributed by atoms with E-state index in [-0.39, 0.29) is 5.82 Å². The number of nitrogens with zero attached hydrogens (tertiary/aromatic N) is 5. The van der Waals surface area contributed by atoms with Crippen LogP contribution in [-0.2, 0) is 12.3 Å². The fourth-order valence-electron chi connectivity index (χ4n) is 2.18. The Morgan fingerprint density at radius 2 is 2.04 bits per heavy atom. The molecule has 0 saturated carbocycles. The van der Waals surface area contributed by atoms with Gasteiger partial charge in [0.15, 0.2) is 11.0 Å². The third kappa shape index (κ3) is 3.76. The molecule has 9 heteroatoms. The van der Waals surface area contributed by atoms with Crippen LogP contribution >= 0.6 is 34.9 Å². The van der Waals surface area contributed by atoms with Gasteiger partial charge in [-0.15, -0.1) is 15.3 Å². The zero-order valence-electron chi connectivity index (χ0n) is 13.1. The van der Waals surface area contributed by atoms with Crippen LogP contribution in [0, 0.1) is 11.7 Å². The number of aromatic nitrogens is 5. The van der Waals surface area contributed by atoms with E-state index >= 15 is 0 Å². The molecule has 0 aliphatic heterocycles. The topological polar surface area (TPSA) is 56.5 Å². The Balaban J connectivity index is 1.92. The summed E-state index contributed by atoms with van der Waals surface area (Å²) in [6.45, 7) is 4.89. The van der Waals surface area contributed by atoms with E-state index in [9.17, 15) is 4.39 Å². The Morgan fingerprint density at radius 1 is 1.25 bits per heavy atom. The largest absolute Gasteiger partial charge is 0.302 e. The van der Waals surface area contributed by atoms with Gasteiger partial charge in [-0.25, -0.2) is 4.39 Å². The van der Waals surface area contributed by atoms with E-state index in [0.29, 0.717) is 39.1 Å². The van der Waals surface area contributed by atoms with Gasteiger partial charge in [-0.2, -0.15) is 0 Å². The molecule has 0 fully saturated rings. The zero-order valence-corrected chi connectivity index (χ0v) is 15.5. The van der Waals surface area contributed by atoms with E-state index in [2.05, 4.69) is 33.6 Å². The standard InChI is InChI=1S/C15H15ClFN5S2/c1-9(2)7-22-14(10-5-3-4-6-11(10)17)19-20-15(22)23-8-12-13(16)24-21-18-12/h3-6,9H,7-8H2,1-2H3. The van der Waals surface area contributed by atoms with Crippen molar-refractivity contribution in [2.24, 2.45) is 5.92 Å². The summed E-state index contributed by atoms with van der Waals surface area (Å²) in [6, 6.07) is 6.60. The van der Waals surface area contributed by atoms with E-state index in [1.54, 1.807) is 18.2 Å². The highest BCUT2D eigenvalue weighted by Gasteiger charge is 2.18. The molecule has 3 rings (SSSR count). The first-order chi connectivity index (χ1) is 11.6. The number of rotatable bonds is 6. The van der Waals surface area contributed by atoms with Gasteiger partial charge >= 0.3 is 0 Å². The maximum absolute atomic E-state index is 14.1. The van der Waals surface area contributed by atoms with Crippen LogP contribution in [0.3, 0.4) is 0 Å². The van der Waals surface area contributed by atoms with Gasteiger partial charge in [0.1, 0.15) is 15.8 Å². The number of thioether (sulfide) groups is 1. The Labute approximate surface area is 152 Å². The molecule has 2 aromatic heterocycles. The predicted molar refractivity (Wildman–Crippen MR) is 94.7 cm³/mol. The Kier molecular flexibility index (Phi) is 5.47. The van der Waals surface area contributed by atoms with Crippen LogP contribution in [0.2, 0.25) is 4.34 Å². The van der Waals surface area contributed by atoms with Crippen molar-refractivity contribution in [3.05, 3.63) is 40.1 Å². The van der Waals surface area contributed by atoms with E-state index < -0.39 is 0 Å². The molecule has 0 bridgehead atoms. The van der Waals surface area contributed by atoms with Gasteiger partial charge in [0.2, 0.25) is 0 Å². The van der Waals surface area contributed by atoms with Gasteiger partial charge in [-0.3, -0.25) is 0 Å². The van der Waals surface area contributed by atoms with E-state index in [1.165, 1.54) is 17.8 Å². The van der Waals surface area contributed by atoms with Crippen LogP contribution in [0.4, 0.5) is 4.39 Å². The number of hydrogen-bond acceptors (Lipinski definition) is 6. The second-order valence-corrected chi connectivity index (χ2v) is 7.87. The van der Waals surface area contributed by atoms with Crippen LogP contribution in [0.25, 0.3) is 11.4 Å². The molecule has 5 nitrogen and oxygen atoms in total. The highest BCUT2D eigenvalue weighted by molar-refractivity contribution is 7.98. The molecule has 0 radical (unpaired) electrons. The second kappa shape index (κ2) is 7.58. The summed E-state index contributed by atoms with van der Waals surface area (Å²) in [5.41, 5.74) is 1.17. The molecule has 0 aliphatic rings. The second-order valence-electron chi connectivity index (χ2n) is 5.57. The van der Waals surface area contributed by atoms with Gasteiger partial charge in [0.05, 0.1) is 5.56 Å². The molecule has 0 atom stereocenters. The highest BCUT2D eigenvalue weighted by Crippen LogP contribution is 2.30. The lowest BCUT2D eigenvalue weighted by Crippen LogP contribution is -2.08. The Hall–Kier alpha value is -1.51. The van der Waals surface area contributed by atoms with Crippen LogP contribution in [-0.4, -0.2) is 24.4 Å². The molecule has 0 N–H and O–H groups in total. The fourth-order valence-corrected chi connectivity index (χ4v) is 3.86. The number of hydrogen-bond donors (Lipinski definition) is 0. The third-order valence-electron chi connectivity index (χ3n) is 3.23.